The summed E-state index contributed by atoms with van der Waals surface area (Å²) in [5.41, 5.74) is 3.61. The van der Waals surface area contributed by atoms with Crippen LogP contribution in [0.4, 0.5) is 0 Å². The Bertz CT molecular complexity index is 850. The minimum Gasteiger partial charge on any atom is -0.321 e. The first-order valence-corrected chi connectivity index (χ1v) is 7.58. The molecule has 0 N–H and O–H groups in total. The summed E-state index contributed by atoms with van der Waals surface area (Å²) in [6.07, 6.45) is 7.90. The van der Waals surface area contributed by atoms with E-state index in [0.717, 1.165) is 40.8 Å². The van der Waals surface area contributed by atoms with E-state index in [-0.39, 0.29) is 5.78 Å². The number of carbonyl (C=O) groups excluding carboxylic acids is 1. The summed E-state index contributed by atoms with van der Waals surface area (Å²) in [4.78, 5) is 24.9. The van der Waals surface area contributed by atoms with E-state index >= 15 is 0 Å². The third-order valence-corrected chi connectivity index (χ3v) is 4.06. The number of hydrogen-bond donors (Lipinski definition) is 0. The fraction of sp³-hybridized carbons (Fsp3) is 0.294. The number of fused-ring (bicyclic) bond motifs is 1. The van der Waals surface area contributed by atoms with Crippen molar-refractivity contribution >= 4 is 16.8 Å². The maximum absolute atomic E-state index is 12.0. The summed E-state index contributed by atoms with van der Waals surface area (Å²) < 4.78 is 2.24. The van der Waals surface area contributed by atoms with Crippen molar-refractivity contribution in [2.75, 3.05) is 0 Å². The molecule has 3 aromatic rings. The van der Waals surface area contributed by atoms with Crippen LogP contribution in [0.1, 0.15) is 42.6 Å². The van der Waals surface area contributed by atoms with Gasteiger partial charge in [0, 0.05) is 30.4 Å². The predicted molar refractivity (Wildman–Crippen MR) is 83.7 cm³/mol. The van der Waals surface area contributed by atoms with Crippen LogP contribution in [0.3, 0.4) is 0 Å². The second kappa shape index (κ2) is 5.02. The van der Waals surface area contributed by atoms with Crippen molar-refractivity contribution in [3.05, 3.63) is 42.5 Å². The number of Topliss-reactive ketones (excluding diaryl/α,β-unsaturated/α-hetero) is 1. The van der Waals surface area contributed by atoms with Crippen molar-refractivity contribution in [3.63, 3.8) is 0 Å². The molecule has 1 aromatic carbocycles. The van der Waals surface area contributed by atoms with E-state index in [0.29, 0.717) is 12.5 Å². The highest BCUT2D eigenvalue weighted by atomic mass is 16.1. The molecule has 0 unspecified atom stereocenters. The first-order chi connectivity index (χ1) is 10.8. The van der Waals surface area contributed by atoms with E-state index in [9.17, 15) is 4.79 Å². The third kappa shape index (κ3) is 2.09. The molecule has 0 radical (unpaired) electrons. The first-order valence-electron chi connectivity index (χ1n) is 7.58. The van der Waals surface area contributed by atoms with Gasteiger partial charge in [0.15, 0.2) is 5.78 Å². The molecule has 1 aliphatic carbocycles. The lowest BCUT2D eigenvalue weighted by Crippen LogP contribution is -2.00. The van der Waals surface area contributed by atoms with Crippen LogP contribution in [0.25, 0.3) is 22.4 Å². The first kappa shape index (κ1) is 13.1. The normalized spacial score (nSPS) is 14.4. The van der Waals surface area contributed by atoms with Crippen LogP contribution >= 0.6 is 0 Å². The standard InChI is InChI=1S/C17H16N4O/c1-2-16(22)11-3-6-14-15(7-11)21(13-4-5-13)17(20-14)12-8-18-10-19-9-12/h3,6-10,13H,2,4-5H2,1H3. The molecule has 2 heterocycles. The number of imidazole rings is 1. The fourth-order valence-corrected chi connectivity index (χ4v) is 2.79. The van der Waals surface area contributed by atoms with Gasteiger partial charge < -0.3 is 4.57 Å². The van der Waals surface area contributed by atoms with E-state index in [1.807, 2.05) is 25.1 Å². The minimum absolute atomic E-state index is 0.162. The highest BCUT2D eigenvalue weighted by Gasteiger charge is 2.29. The number of rotatable bonds is 4. The molecule has 1 aliphatic rings. The highest BCUT2D eigenvalue weighted by molar-refractivity contribution is 5.99. The molecule has 1 saturated carbocycles. The summed E-state index contributed by atoms with van der Waals surface area (Å²) in [5.74, 6) is 1.05. The average Bonchev–Trinajstić information content (AvgIpc) is 3.34. The number of hydrogen-bond acceptors (Lipinski definition) is 4. The van der Waals surface area contributed by atoms with Crippen molar-refractivity contribution in [2.45, 2.75) is 32.2 Å². The fourth-order valence-electron chi connectivity index (χ4n) is 2.79. The highest BCUT2D eigenvalue weighted by Crippen LogP contribution is 2.41. The summed E-state index contributed by atoms with van der Waals surface area (Å²) in [6.45, 7) is 1.89. The van der Waals surface area contributed by atoms with Crippen LogP contribution in [0.15, 0.2) is 36.9 Å². The molecule has 4 rings (SSSR count). The van der Waals surface area contributed by atoms with E-state index in [4.69, 9.17) is 4.98 Å². The molecule has 2 aromatic heterocycles. The summed E-state index contributed by atoms with van der Waals surface area (Å²) >= 11 is 0. The van der Waals surface area contributed by atoms with Gasteiger partial charge in [0.1, 0.15) is 12.2 Å². The largest absolute Gasteiger partial charge is 0.321 e. The molecule has 0 saturated heterocycles. The third-order valence-electron chi connectivity index (χ3n) is 4.06. The SMILES string of the molecule is CCC(=O)c1ccc2nc(-c3cncnc3)n(C3CC3)c2c1. The van der Waals surface area contributed by atoms with Gasteiger partial charge in [-0.25, -0.2) is 15.0 Å². The lowest BCUT2D eigenvalue weighted by molar-refractivity contribution is 0.0988. The second-order valence-electron chi connectivity index (χ2n) is 5.64. The zero-order chi connectivity index (χ0) is 15.1. The quantitative estimate of drug-likeness (QED) is 0.691. The van der Waals surface area contributed by atoms with Crippen LogP contribution in [0.2, 0.25) is 0 Å². The molecular weight excluding hydrogens is 276 g/mol. The summed E-state index contributed by atoms with van der Waals surface area (Å²) in [6, 6.07) is 6.24. The molecule has 0 amide bonds. The molecule has 0 bridgehead atoms. The Hall–Kier alpha value is -2.56. The Morgan fingerprint density at radius 1 is 1.27 bits per heavy atom. The van der Waals surface area contributed by atoms with Gasteiger partial charge in [-0.1, -0.05) is 6.92 Å². The maximum atomic E-state index is 12.0. The van der Waals surface area contributed by atoms with Crippen molar-refractivity contribution in [3.8, 4) is 11.4 Å². The van der Waals surface area contributed by atoms with Crippen molar-refractivity contribution in [1.29, 1.82) is 0 Å². The van der Waals surface area contributed by atoms with Crippen molar-refractivity contribution < 1.29 is 4.79 Å². The Labute approximate surface area is 128 Å². The van der Waals surface area contributed by atoms with E-state index in [2.05, 4.69) is 14.5 Å². The van der Waals surface area contributed by atoms with Crippen LogP contribution in [-0.2, 0) is 0 Å². The van der Waals surface area contributed by atoms with E-state index in [1.54, 1.807) is 12.4 Å². The maximum Gasteiger partial charge on any atom is 0.162 e. The number of nitrogens with zero attached hydrogens (tertiary/aromatic N) is 4. The molecule has 0 spiro atoms. The van der Waals surface area contributed by atoms with Gasteiger partial charge in [0.25, 0.3) is 0 Å². The molecule has 5 nitrogen and oxygen atoms in total. The van der Waals surface area contributed by atoms with Gasteiger partial charge >= 0.3 is 0 Å². The van der Waals surface area contributed by atoms with Crippen LogP contribution in [0, 0.1) is 0 Å². The Morgan fingerprint density at radius 2 is 2.05 bits per heavy atom. The average molecular weight is 292 g/mol. The van der Waals surface area contributed by atoms with Crippen LogP contribution in [0.5, 0.6) is 0 Å². The summed E-state index contributed by atoms with van der Waals surface area (Å²) in [5, 5.41) is 0. The lowest BCUT2D eigenvalue weighted by Gasteiger charge is -2.07. The van der Waals surface area contributed by atoms with Gasteiger partial charge in [-0.2, -0.15) is 0 Å². The van der Waals surface area contributed by atoms with Gasteiger partial charge in [-0.3, -0.25) is 4.79 Å². The second-order valence-corrected chi connectivity index (χ2v) is 5.64. The van der Waals surface area contributed by atoms with Gasteiger partial charge in [-0.15, -0.1) is 0 Å². The van der Waals surface area contributed by atoms with Crippen LogP contribution < -0.4 is 0 Å². The predicted octanol–water partition coefficient (Wildman–Crippen LogP) is 3.42. The van der Waals surface area contributed by atoms with E-state index in [1.165, 1.54) is 6.33 Å². The van der Waals surface area contributed by atoms with Gasteiger partial charge in [-0.05, 0) is 31.0 Å². The minimum atomic E-state index is 0.162. The molecule has 0 aliphatic heterocycles. The van der Waals surface area contributed by atoms with Gasteiger partial charge in [0.2, 0.25) is 0 Å². The molecule has 110 valence electrons. The number of aromatic nitrogens is 4. The lowest BCUT2D eigenvalue weighted by atomic mass is 10.1. The monoisotopic (exact) mass is 292 g/mol. The summed E-state index contributed by atoms with van der Waals surface area (Å²) in [7, 11) is 0. The van der Waals surface area contributed by atoms with Crippen molar-refractivity contribution in [1.82, 2.24) is 19.5 Å². The Balaban J connectivity index is 1.94. The zero-order valence-electron chi connectivity index (χ0n) is 12.4. The molecule has 5 heteroatoms. The van der Waals surface area contributed by atoms with Crippen molar-refractivity contribution in [2.24, 2.45) is 0 Å². The molecule has 1 fully saturated rings. The number of benzene rings is 1. The molecule has 22 heavy (non-hydrogen) atoms. The number of ketones is 1. The van der Waals surface area contributed by atoms with E-state index < -0.39 is 0 Å². The smallest absolute Gasteiger partial charge is 0.162 e. The topological polar surface area (TPSA) is 60.7 Å². The van der Waals surface area contributed by atoms with Crippen LogP contribution in [-0.4, -0.2) is 25.3 Å². The molecule has 0 atom stereocenters. The Kier molecular flexibility index (Phi) is 2.99. The van der Waals surface area contributed by atoms with Gasteiger partial charge in [0.05, 0.1) is 16.6 Å². The Morgan fingerprint density at radius 3 is 2.73 bits per heavy atom. The zero-order valence-corrected chi connectivity index (χ0v) is 12.4. The number of carbonyl (C=O) groups is 1. The molecular formula is C17H16N4O.